The van der Waals surface area contributed by atoms with Gasteiger partial charge < -0.3 is 9.47 Å². The van der Waals surface area contributed by atoms with Gasteiger partial charge in [0.25, 0.3) is 0 Å². The van der Waals surface area contributed by atoms with Gasteiger partial charge >= 0.3 is 0 Å². The van der Waals surface area contributed by atoms with Crippen LogP contribution >= 0.6 is 0 Å². The predicted molar refractivity (Wildman–Crippen MR) is 52.9 cm³/mol. The lowest BCUT2D eigenvalue weighted by Crippen LogP contribution is -2.02. The standard InChI is InChI=1S/C11H16O2/c1-3-10-6-5-7-11(8-10)13-9-12-4-2/h5-8H,3-4,9H2,1-2H3. The van der Waals surface area contributed by atoms with Gasteiger partial charge in [0.05, 0.1) is 0 Å². The maximum Gasteiger partial charge on any atom is 0.189 e. The van der Waals surface area contributed by atoms with Crippen LogP contribution in [0.25, 0.3) is 0 Å². The van der Waals surface area contributed by atoms with Crippen LogP contribution in [0.15, 0.2) is 24.3 Å². The highest BCUT2D eigenvalue weighted by Crippen LogP contribution is 2.13. The minimum atomic E-state index is 0.337. The van der Waals surface area contributed by atoms with Crippen molar-refractivity contribution in [3.63, 3.8) is 0 Å². The predicted octanol–water partition coefficient (Wildman–Crippen LogP) is 2.62. The van der Waals surface area contributed by atoms with E-state index >= 15 is 0 Å². The Labute approximate surface area is 79.5 Å². The monoisotopic (exact) mass is 180 g/mol. The number of hydrogen-bond donors (Lipinski definition) is 0. The van der Waals surface area contributed by atoms with Crippen molar-refractivity contribution in [1.29, 1.82) is 0 Å². The molecule has 0 aromatic heterocycles. The maximum absolute atomic E-state index is 5.37. The van der Waals surface area contributed by atoms with E-state index in [-0.39, 0.29) is 0 Å². The van der Waals surface area contributed by atoms with Crippen LogP contribution in [0.5, 0.6) is 5.75 Å². The first-order valence-electron chi connectivity index (χ1n) is 4.66. The Hall–Kier alpha value is -1.02. The molecule has 0 saturated heterocycles. The highest BCUT2D eigenvalue weighted by atomic mass is 16.7. The van der Waals surface area contributed by atoms with Crippen molar-refractivity contribution in [3.05, 3.63) is 29.8 Å². The van der Waals surface area contributed by atoms with Crippen molar-refractivity contribution in [2.24, 2.45) is 0 Å². The Bertz CT molecular complexity index is 246. The average Bonchev–Trinajstić information content (AvgIpc) is 2.19. The number of benzene rings is 1. The van der Waals surface area contributed by atoms with Gasteiger partial charge in [0.2, 0.25) is 0 Å². The third kappa shape index (κ3) is 3.47. The van der Waals surface area contributed by atoms with Gasteiger partial charge in [-0.25, -0.2) is 0 Å². The van der Waals surface area contributed by atoms with E-state index in [9.17, 15) is 0 Å². The third-order valence-corrected chi connectivity index (χ3v) is 1.82. The average molecular weight is 180 g/mol. The zero-order valence-electron chi connectivity index (χ0n) is 8.25. The molecule has 2 heteroatoms. The highest BCUT2D eigenvalue weighted by molar-refractivity contribution is 5.28. The summed E-state index contributed by atoms with van der Waals surface area (Å²) in [6.45, 7) is 5.10. The zero-order chi connectivity index (χ0) is 9.52. The largest absolute Gasteiger partial charge is 0.468 e. The van der Waals surface area contributed by atoms with Crippen molar-refractivity contribution in [1.82, 2.24) is 0 Å². The highest BCUT2D eigenvalue weighted by Gasteiger charge is 1.94. The summed E-state index contributed by atoms with van der Waals surface area (Å²) in [5.41, 5.74) is 1.29. The molecule has 0 heterocycles. The van der Waals surface area contributed by atoms with E-state index in [1.165, 1.54) is 5.56 Å². The van der Waals surface area contributed by atoms with E-state index < -0.39 is 0 Å². The van der Waals surface area contributed by atoms with Crippen LogP contribution in [0.3, 0.4) is 0 Å². The minimum Gasteiger partial charge on any atom is -0.468 e. The van der Waals surface area contributed by atoms with Gasteiger partial charge in [-0.05, 0) is 31.0 Å². The van der Waals surface area contributed by atoms with Crippen LogP contribution < -0.4 is 4.74 Å². The molecule has 0 bridgehead atoms. The molecule has 13 heavy (non-hydrogen) atoms. The van der Waals surface area contributed by atoms with Gasteiger partial charge in [0, 0.05) is 6.61 Å². The van der Waals surface area contributed by atoms with Crippen molar-refractivity contribution < 1.29 is 9.47 Å². The molecule has 0 spiro atoms. The van der Waals surface area contributed by atoms with E-state index in [4.69, 9.17) is 9.47 Å². The molecule has 0 atom stereocenters. The summed E-state index contributed by atoms with van der Waals surface area (Å²) < 4.78 is 10.5. The van der Waals surface area contributed by atoms with Gasteiger partial charge in [-0.2, -0.15) is 0 Å². The van der Waals surface area contributed by atoms with Crippen LogP contribution in [-0.2, 0) is 11.2 Å². The van der Waals surface area contributed by atoms with E-state index in [0.29, 0.717) is 13.4 Å². The molecule has 0 fully saturated rings. The molecule has 2 nitrogen and oxygen atoms in total. The molecule has 1 aromatic rings. The SMILES string of the molecule is CCOCOc1cccc(CC)c1. The molecule has 0 N–H and O–H groups in total. The fourth-order valence-electron chi connectivity index (χ4n) is 1.05. The number of ether oxygens (including phenoxy) is 2. The molecule has 0 amide bonds. The summed E-state index contributed by atoms with van der Waals surface area (Å²) in [7, 11) is 0. The second-order valence-corrected chi connectivity index (χ2v) is 2.76. The summed E-state index contributed by atoms with van der Waals surface area (Å²) in [6, 6.07) is 8.07. The lowest BCUT2D eigenvalue weighted by molar-refractivity contribution is 0.0224. The summed E-state index contributed by atoms with van der Waals surface area (Å²) >= 11 is 0. The van der Waals surface area contributed by atoms with E-state index in [1.807, 2.05) is 25.1 Å². The summed E-state index contributed by atoms with van der Waals surface area (Å²) in [4.78, 5) is 0. The normalized spacial score (nSPS) is 10.0. The first-order chi connectivity index (χ1) is 6.36. The molecule has 72 valence electrons. The molecule has 0 aliphatic rings. The summed E-state index contributed by atoms with van der Waals surface area (Å²) in [5, 5.41) is 0. The van der Waals surface area contributed by atoms with E-state index in [2.05, 4.69) is 13.0 Å². The molecular formula is C11H16O2. The van der Waals surface area contributed by atoms with Crippen LogP contribution in [0.4, 0.5) is 0 Å². The maximum atomic E-state index is 5.37. The van der Waals surface area contributed by atoms with Crippen LogP contribution in [-0.4, -0.2) is 13.4 Å². The van der Waals surface area contributed by atoms with Crippen molar-refractivity contribution in [3.8, 4) is 5.75 Å². The minimum absolute atomic E-state index is 0.337. The third-order valence-electron chi connectivity index (χ3n) is 1.82. The Kier molecular flexibility index (Phi) is 4.33. The van der Waals surface area contributed by atoms with Crippen LogP contribution in [0, 0.1) is 0 Å². The number of hydrogen-bond acceptors (Lipinski definition) is 2. The van der Waals surface area contributed by atoms with Crippen LogP contribution in [0.1, 0.15) is 19.4 Å². The lowest BCUT2D eigenvalue weighted by Gasteiger charge is -2.06. The van der Waals surface area contributed by atoms with Crippen molar-refractivity contribution >= 4 is 0 Å². The molecule has 0 aliphatic heterocycles. The fourth-order valence-corrected chi connectivity index (χ4v) is 1.05. The second-order valence-electron chi connectivity index (χ2n) is 2.76. The molecule has 0 saturated carbocycles. The number of aryl methyl sites for hydroxylation is 1. The first-order valence-corrected chi connectivity index (χ1v) is 4.66. The second kappa shape index (κ2) is 5.60. The van der Waals surface area contributed by atoms with Gasteiger partial charge in [-0.15, -0.1) is 0 Å². The zero-order valence-corrected chi connectivity index (χ0v) is 8.25. The summed E-state index contributed by atoms with van der Waals surface area (Å²) in [6.07, 6.45) is 1.03. The van der Waals surface area contributed by atoms with Crippen molar-refractivity contribution in [2.75, 3.05) is 13.4 Å². The number of rotatable bonds is 5. The Morgan fingerprint density at radius 3 is 2.77 bits per heavy atom. The Morgan fingerprint density at radius 1 is 1.23 bits per heavy atom. The Morgan fingerprint density at radius 2 is 2.08 bits per heavy atom. The first kappa shape index (κ1) is 10.1. The quantitative estimate of drug-likeness (QED) is 0.512. The van der Waals surface area contributed by atoms with Gasteiger partial charge in [0.15, 0.2) is 6.79 Å². The molecule has 0 radical (unpaired) electrons. The van der Waals surface area contributed by atoms with Gasteiger partial charge in [-0.1, -0.05) is 19.1 Å². The van der Waals surface area contributed by atoms with Gasteiger partial charge in [-0.3, -0.25) is 0 Å². The van der Waals surface area contributed by atoms with E-state index in [1.54, 1.807) is 0 Å². The Balaban J connectivity index is 2.46. The molecule has 1 rings (SSSR count). The molecule has 0 unspecified atom stereocenters. The van der Waals surface area contributed by atoms with Gasteiger partial charge in [0.1, 0.15) is 5.75 Å². The topological polar surface area (TPSA) is 18.5 Å². The molecule has 0 aliphatic carbocycles. The smallest absolute Gasteiger partial charge is 0.189 e. The lowest BCUT2D eigenvalue weighted by atomic mass is 10.2. The van der Waals surface area contributed by atoms with Crippen molar-refractivity contribution in [2.45, 2.75) is 20.3 Å². The fraction of sp³-hybridized carbons (Fsp3) is 0.455. The summed E-state index contributed by atoms with van der Waals surface area (Å²) in [5.74, 6) is 0.882. The van der Waals surface area contributed by atoms with Crippen LogP contribution in [0.2, 0.25) is 0 Å². The van der Waals surface area contributed by atoms with E-state index in [0.717, 1.165) is 12.2 Å². The molecule has 1 aromatic carbocycles. The molecular weight excluding hydrogens is 164 g/mol.